The summed E-state index contributed by atoms with van der Waals surface area (Å²) < 4.78 is 11.8. The number of carbonyl (C=O) groups is 2. The predicted octanol–water partition coefficient (Wildman–Crippen LogP) is 4.27. The summed E-state index contributed by atoms with van der Waals surface area (Å²) in [5, 5.41) is 2.38. The average molecular weight is 452 g/mol. The standard InChI is InChI=1S/C26H33NO4Si/c1-5-13-21(27-24(28)20-30-25(27)29)14-12-19-31-32(26(2,3)4,22-15-8-6-9-16-22)23-17-10-7-11-18-23/h5-11,15-18,21H,1,12-14,19-20H2,2-4H3/t21-/m0/s1. The number of imide groups is 1. The van der Waals surface area contributed by atoms with E-state index in [1.54, 1.807) is 6.08 Å². The van der Waals surface area contributed by atoms with Gasteiger partial charge in [-0.3, -0.25) is 4.79 Å². The second-order valence-corrected chi connectivity index (χ2v) is 13.5. The number of nitrogens with zero attached hydrogens (tertiary/aromatic N) is 1. The summed E-state index contributed by atoms with van der Waals surface area (Å²) in [5.74, 6) is -0.283. The number of rotatable bonds is 10. The minimum atomic E-state index is -2.59. The molecule has 0 spiro atoms. The zero-order valence-electron chi connectivity index (χ0n) is 19.3. The topological polar surface area (TPSA) is 55.8 Å². The molecule has 32 heavy (non-hydrogen) atoms. The van der Waals surface area contributed by atoms with E-state index in [0.29, 0.717) is 19.4 Å². The van der Waals surface area contributed by atoms with Crippen LogP contribution >= 0.6 is 0 Å². The molecule has 0 unspecified atom stereocenters. The fourth-order valence-corrected chi connectivity index (χ4v) is 9.17. The van der Waals surface area contributed by atoms with Crippen LogP contribution < -0.4 is 10.4 Å². The lowest BCUT2D eigenvalue weighted by atomic mass is 10.1. The Kier molecular flexibility index (Phi) is 7.69. The van der Waals surface area contributed by atoms with Gasteiger partial charge in [0.2, 0.25) is 0 Å². The Morgan fingerprint density at radius 3 is 2.06 bits per heavy atom. The third-order valence-electron chi connectivity index (χ3n) is 6.01. The fourth-order valence-electron chi connectivity index (χ4n) is 4.57. The molecule has 1 atom stereocenters. The van der Waals surface area contributed by atoms with Gasteiger partial charge >= 0.3 is 6.09 Å². The molecule has 1 aliphatic heterocycles. The summed E-state index contributed by atoms with van der Waals surface area (Å²) in [5.41, 5.74) is 0. The summed E-state index contributed by atoms with van der Waals surface area (Å²) in [6, 6.07) is 20.8. The molecule has 0 N–H and O–H groups in total. The van der Waals surface area contributed by atoms with Crippen molar-refractivity contribution < 1.29 is 18.8 Å². The molecule has 0 saturated carbocycles. The summed E-state index contributed by atoms with van der Waals surface area (Å²) >= 11 is 0. The normalized spacial score (nSPS) is 15.5. The Labute approximate surface area is 192 Å². The molecule has 3 rings (SSSR count). The first-order valence-corrected chi connectivity index (χ1v) is 13.1. The van der Waals surface area contributed by atoms with Crippen molar-refractivity contribution in [2.45, 2.75) is 51.1 Å². The number of cyclic esters (lactones) is 1. The van der Waals surface area contributed by atoms with Crippen LogP contribution in [-0.2, 0) is 14.0 Å². The van der Waals surface area contributed by atoms with Crippen LogP contribution in [0.3, 0.4) is 0 Å². The second-order valence-electron chi connectivity index (χ2n) is 9.15. The van der Waals surface area contributed by atoms with Gasteiger partial charge in [0.1, 0.15) is 0 Å². The van der Waals surface area contributed by atoms with Crippen LogP contribution in [0, 0.1) is 0 Å². The number of carbonyl (C=O) groups excluding carboxylic acids is 2. The molecule has 6 heteroatoms. The minimum absolute atomic E-state index is 0.0923. The third kappa shape index (κ3) is 4.86. The number of hydrogen-bond donors (Lipinski definition) is 0. The first-order chi connectivity index (χ1) is 15.3. The quantitative estimate of drug-likeness (QED) is 0.308. The van der Waals surface area contributed by atoms with Crippen molar-refractivity contribution in [3.8, 4) is 0 Å². The molecule has 2 aromatic rings. The van der Waals surface area contributed by atoms with Crippen molar-refractivity contribution in [2.75, 3.05) is 13.2 Å². The lowest BCUT2D eigenvalue weighted by Crippen LogP contribution is -2.66. The minimum Gasteiger partial charge on any atom is -0.439 e. The van der Waals surface area contributed by atoms with Crippen LogP contribution in [0.5, 0.6) is 0 Å². The molecular formula is C26H33NO4Si. The molecule has 1 aliphatic rings. The van der Waals surface area contributed by atoms with Crippen molar-refractivity contribution in [1.82, 2.24) is 4.90 Å². The maximum Gasteiger partial charge on any atom is 0.417 e. The number of benzene rings is 2. The van der Waals surface area contributed by atoms with Crippen LogP contribution in [-0.4, -0.2) is 44.5 Å². The number of amides is 2. The smallest absolute Gasteiger partial charge is 0.417 e. The van der Waals surface area contributed by atoms with E-state index in [1.165, 1.54) is 15.3 Å². The van der Waals surface area contributed by atoms with E-state index >= 15 is 0 Å². The van der Waals surface area contributed by atoms with Gasteiger partial charge in [-0.25, -0.2) is 9.69 Å². The highest BCUT2D eigenvalue weighted by molar-refractivity contribution is 6.99. The van der Waals surface area contributed by atoms with Crippen LogP contribution in [0.1, 0.15) is 40.0 Å². The number of hydrogen-bond acceptors (Lipinski definition) is 4. The Morgan fingerprint density at radius 2 is 1.62 bits per heavy atom. The number of ether oxygens (including phenoxy) is 1. The monoisotopic (exact) mass is 451 g/mol. The lowest BCUT2D eigenvalue weighted by molar-refractivity contribution is -0.127. The molecular weight excluding hydrogens is 418 g/mol. The van der Waals surface area contributed by atoms with Crippen molar-refractivity contribution in [3.63, 3.8) is 0 Å². The molecule has 170 valence electrons. The molecule has 5 nitrogen and oxygen atoms in total. The first-order valence-electron chi connectivity index (χ1n) is 11.2. The maximum atomic E-state index is 12.1. The van der Waals surface area contributed by atoms with Crippen LogP contribution in [0.15, 0.2) is 73.3 Å². The zero-order valence-corrected chi connectivity index (χ0v) is 20.3. The van der Waals surface area contributed by atoms with E-state index in [2.05, 4.69) is 75.9 Å². The van der Waals surface area contributed by atoms with Gasteiger partial charge in [0, 0.05) is 12.6 Å². The van der Waals surface area contributed by atoms with Gasteiger partial charge in [-0.2, -0.15) is 0 Å². The van der Waals surface area contributed by atoms with E-state index in [-0.39, 0.29) is 23.6 Å². The Bertz CT molecular complexity index is 868. The van der Waals surface area contributed by atoms with E-state index in [1.807, 2.05) is 12.1 Å². The van der Waals surface area contributed by atoms with E-state index < -0.39 is 14.4 Å². The van der Waals surface area contributed by atoms with E-state index in [9.17, 15) is 9.59 Å². The Morgan fingerprint density at radius 1 is 1.06 bits per heavy atom. The highest BCUT2D eigenvalue weighted by atomic mass is 28.4. The van der Waals surface area contributed by atoms with Crippen molar-refractivity contribution in [2.24, 2.45) is 0 Å². The van der Waals surface area contributed by atoms with Crippen LogP contribution in [0.25, 0.3) is 0 Å². The summed E-state index contributed by atoms with van der Waals surface area (Å²) in [6.07, 6.45) is 3.09. The lowest BCUT2D eigenvalue weighted by Gasteiger charge is -2.43. The molecule has 0 aromatic heterocycles. The predicted molar refractivity (Wildman–Crippen MR) is 130 cm³/mol. The zero-order chi connectivity index (χ0) is 23.2. The second kappa shape index (κ2) is 10.3. The highest BCUT2D eigenvalue weighted by Gasteiger charge is 2.50. The van der Waals surface area contributed by atoms with Gasteiger partial charge in [-0.15, -0.1) is 6.58 Å². The van der Waals surface area contributed by atoms with Crippen LogP contribution in [0.4, 0.5) is 4.79 Å². The van der Waals surface area contributed by atoms with Gasteiger partial charge in [0.15, 0.2) is 6.61 Å². The van der Waals surface area contributed by atoms with Gasteiger partial charge in [-0.05, 0) is 34.7 Å². The van der Waals surface area contributed by atoms with Crippen molar-refractivity contribution in [3.05, 3.63) is 73.3 Å². The molecule has 1 saturated heterocycles. The van der Waals surface area contributed by atoms with Gasteiger partial charge in [0.05, 0.1) is 0 Å². The Balaban J connectivity index is 1.82. The first kappa shape index (κ1) is 23.9. The van der Waals surface area contributed by atoms with Crippen molar-refractivity contribution in [1.29, 1.82) is 0 Å². The summed E-state index contributed by atoms with van der Waals surface area (Å²) in [7, 11) is -2.59. The average Bonchev–Trinajstić information content (AvgIpc) is 3.11. The van der Waals surface area contributed by atoms with Crippen LogP contribution in [0.2, 0.25) is 5.04 Å². The summed E-state index contributed by atoms with van der Waals surface area (Å²) in [4.78, 5) is 25.4. The molecule has 1 heterocycles. The van der Waals surface area contributed by atoms with Gasteiger partial charge in [0.25, 0.3) is 14.2 Å². The third-order valence-corrected chi connectivity index (χ3v) is 11.0. The molecule has 0 radical (unpaired) electrons. The molecule has 2 aromatic carbocycles. The molecule has 1 fully saturated rings. The van der Waals surface area contributed by atoms with Gasteiger partial charge in [-0.1, -0.05) is 87.5 Å². The van der Waals surface area contributed by atoms with Gasteiger partial charge < -0.3 is 9.16 Å². The summed E-state index contributed by atoms with van der Waals surface area (Å²) in [6.45, 7) is 10.9. The highest BCUT2D eigenvalue weighted by Crippen LogP contribution is 2.37. The van der Waals surface area contributed by atoms with E-state index in [0.717, 1.165) is 6.42 Å². The maximum absolute atomic E-state index is 12.1. The largest absolute Gasteiger partial charge is 0.439 e. The van der Waals surface area contributed by atoms with E-state index in [4.69, 9.17) is 9.16 Å². The van der Waals surface area contributed by atoms with Crippen molar-refractivity contribution >= 4 is 30.7 Å². The fraction of sp³-hybridized carbons (Fsp3) is 0.385. The molecule has 2 amide bonds. The Hall–Kier alpha value is -2.70. The molecule has 0 aliphatic carbocycles. The SMILES string of the molecule is C=CC[C@@H](CCCO[Si](c1ccccc1)(c1ccccc1)C(C)(C)C)N1C(=O)COC1=O. The molecule has 0 bridgehead atoms.